The molecule has 3 heterocycles. The number of nitrogens with one attached hydrogen (secondary N) is 2. The van der Waals surface area contributed by atoms with Crippen molar-refractivity contribution in [3.05, 3.63) is 57.8 Å². The number of hydrogen-bond acceptors (Lipinski definition) is 4. The van der Waals surface area contributed by atoms with Gasteiger partial charge < -0.3 is 10.1 Å². The van der Waals surface area contributed by atoms with E-state index in [4.69, 9.17) is 0 Å². The van der Waals surface area contributed by atoms with Crippen molar-refractivity contribution in [2.75, 3.05) is 19.6 Å². The van der Waals surface area contributed by atoms with Gasteiger partial charge in [-0.15, -0.1) is 0 Å². The third-order valence-electron chi connectivity index (χ3n) is 5.60. The summed E-state index contributed by atoms with van der Waals surface area (Å²) in [6, 6.07) is 0. The van der Waals surface area contributed by atoms with E-state index in [1.165, 1.54) is 4.31 Å². The molecule has 0 saturated carbocycles. The van der Waals surface area contributed by atoms with Crippen molar-refractivity contribution < 1.29 is 13.5 Å². The van der Waals surface area contributed by atoms with E-state index in [1.54, 1.807) is 0 Å². The molecule has 1 aromatic rings. The minimum absolute atomic E-state index is 0.175. The van der Waals surface area contributed by atoms with Gasteiger partial charge in [-0.2, -0.15) is 4.31 Å². The lowest BCUT2D eigenvalue weighted by atomic mass is 9.97. The third kappa shape index (κ3) is 4.33. The van der Waals surface area contributed by atoms with E-state index in [0.717, 1.165) is 41.8 Å². The topological polar surface area (TPSA) is 85.4 Å². The van der Waals surface area contributed by atoms with E-state index in [0.29, 0.717) is 38.0 Å². The van der Waals surface area contributed by atoms with E-state index in [-0.39, 0.29) is 4.91 Å². The van der Waals surface area contributed by atoms with Crippen molar-refractivity contribution in [2.45, 2.75) is 52.2 Å². The van der Waals surface area contributed by atoms with Crippen LogP contribution in [-0.4, -0.2) is 48.7 Å². The number of fused-ring (bicyclic) bond motifs is 1. The molecule has 1 fully saturated rings. The maximum absolute atomic E-state index is 13.1. The first-order valence-electron chi connectivity index (χ1n) is 9.96. The lowest BCUT2D eigenvalue weighted by molar-refractivity contribution is 0.141. The number of aliphatic hydroxyl groups is 1. The van der Waals surface area contributed by atoms with Crippen LogP contribution in [0.3, 0.4) is 0 Å². The van der Waals surface area contributed by atoms with Crippen LogP contribution in [-0.2, 0) is 29.3 Å². The van der Waals surface area contributed by atoms with Gasteiger partial charge in [-0.3, -0.25) is 5.32 Å². The Labute approximate surface area is 168 Å². The zero-order chi connectivity index (χ0) is 20.3. The molecule has 0 bridgehead atoms. The van der Waals surface area contributed by atoms with Crippen LogP contribution < -0.4 is 5.32 Å². The molecule has 0 aromatic carbocycles. The standard InChI is InChI=1S/C21H31N3O3S/c1-4-5-8-17(16(3)28(26,27)24-11-6-7-12-24)13-18-15(2)23-20-9-10-22-21(25)14-19(18)20/h4-5,8,21-23,25H,3,6-7,9-14H2,1-2H3. The fourth-order valence-corrected chi connectivity index (χ4v) is 5.54. The zero-order valence-corrected chi connectivity index (χ0v) is 17.6. The maximum Gasteiger partial charge on any atom is 0.242 e. The predicted octanol–water partition coefficient (Wildman–Crippen LogP) is 2.31. The molecular formula is C21H31N3O3S. The molecule has 2 aliphatic heterocycles. The van der Waals surface area contributed by atoms with Crippen molar-refractivity contribution in [1.29, 1.82) is 0 Å². The molecule has 28 heavy (non-hydrogen) atoms. The summed E-state index contributed by atoms with van der Waals surface area (Å²) in [4.78, 5) is 3.61. The zero-order valence-electron chi connectivity index (χ0n) is 16.8. The SMILES string of the molecule is C=C(C(=CC=CC)Cc1c(C)[nH]c2c1CC(O)NCC2)S(=O)(=O)N1CCCC1. The van der Waals surface area contributed by atoms with E-state index in [9.17, 15) is 13.5 Å². The average Bonchev–Trinajstić information content (AvgIpc) is 3.25. The van der Waals surface area contributed by atoms with Crippen LogP contribution in [0.1, 0.15) is 42.3 Å². The van der Waals surface area contributed by atoms with Crippen LogP contribution in [0.2, 0.25) is 0 Å². The van der Waals surface area contributed by atoms with Gasteiger partial charge in [0, 0.05) is 50.3 Å². The Kier molecular flexibility index (Phi) is 6.60. The number of nitrogens with zero attached hydrogens (tertiary/aromatic N) is 1. The normalized spacial score (nSPS) is 21.8. The minimum Gasteiger partial charge on any atom is -0.378 e. The number of aliphatic hydroxyl groups excluding tert-OH is 1. The van der Waals surface area contributed by atoms with Crippen molar-refractivity contribution in [2.24, 2.45) is 0 Å². The van der Waals surface area contributed by atoms with Crippen molar-refractivity contribution in [3.63, 3.8) is 0 Å². The second-order valence-electron chi connectivity index (χ2n) is 7.54. The molecule has 6 nitrogen and oxygen atoms in total. The highest BCUT2D eigenvalue weighted by molar-refractivity contribution is 7.93. The van der Waals surface area contributed by atoms with Crippen LogP contribution in [0.5, 0.6) is 0 Å². The summed E-state index contributed by atoms with van der Waals surface area (Å²) in [7, 11) is -3.56. The number of sulfonamides is 1. The van der Waals surface area contributed by atoms with E-state index < -0.39 is 16.3 Å². The Bertz CT molecular complexity index is 890. The van der Waals surface area contributed by atoms with Gasteiger partial charge in [0.15, 0.2) is 0 Å². The molecule has 3 N–H and O–H groups in total. The van der Waals surface area contributed by atoms with Crippen molar-refractivity contribution in [3.8, 4) is 0 Å². The molecular weight excluding hydrogens is 374 g/mol. The van der Waals surface area contributed by atoms with Gasteiger partial charge in [0.05, 0.1) is 4.91 Å². The molecule has 1 saturated heterocycles. The first-order chi connectivity index (χ1) is 13.3. The summed E-state index contributed by atoms with van der Waals surface area (Å²) in [6.07, 6.45) is 8.59. The largest absolute Gasteiger partial charge is 0.378 e. The van der Waals surface area contributed by atoms with Crippen LogP contribution >= 0.6 is 0 Å². The summed E-state index contributed by atoms with van der Waals surface area (Å²) in [6.45, 7) is 9.73. The van der Waals surface area contributed by atoms with Crippen molar-refractivity contribution in [1.82, 2.24) is 14.6 Å². The average molecular weight is 406 g/mol. The smallest absolute Gasteiger partial charge is 0.242 e. The molecule has 7 heteroatoms. The quantitative estimate of drug-likeness (QED) is 0.634. The molecule has 1 unspecified atom stereocenters. The number of hydrogen-bond donors (Lipinski definition) is 3. The molecule has 1 aromatic heterocycles. The molecule has 0 radical (unpaired) electrons. The van der Waals surface area contributed by atoms with Crippen LogP contribution in [0, 0.1) is 6.92 Å². The van der Waals surface area contributed by atoms with Gasteiger partial charge in [-0.05, 0) is 43.4 Å². The molecule has 154 valence electrons. The van der Waals surface area contributed by atoms with Crippen LogP contribution in [0.4, 0.5) is 0 Å². The number of allylic oxidation sites excluding steroid dienone is 4. The summed E-state index contributed by atoms with van der Waals surface area (Å²) < 4.78 is 27.6. The number of aryl methyl sites for hydroxylation is 1. The molecule has 1 atom stereocenters. The first-order valence-corrected chi connectivity index (χ1v) is 11.4. The number of H-pyrrole nitrogens is 1. The van der Waals surface area contributed by atoms with Gasteiger partial charge >= 0.3 is 0 Å². The second kappa shape index (κ2) is 8.78. The Morgan fingerprint density at radius 2 is 2.07 bits per heavy atom. The van der Waals surface area contributed by atoms with E-state index in [2.05, 4.69) is 16.9 Å². The summed E-state index contributed by atoms with van der Waals surface area (Å²) in [5.41, 5.74) is 4.99. The van der Waals surface area contributed by atoms with Crippen molar-refractivity contribution >= 4 is 10.0 Å². The number of aromatic amines is 1. The molecule has 3 rings (SSSR count). The Morgan fingerprint density at radius 3 is 2.75 bits per heavy atom. The van der Waals surface area contributed by atoms with Crippen LogP contribution in [0.25, 0.3) is 0 Å². The molecule has 0 amide bonds. The van der Waals surface area contributed by atoms with Gasteiger partial charge in [-0.1, -0.05) is 24.8 Å². The Hall–Kier alpha value is -1.67. The maximum atomic E-state index is 13.1. The number of aromatic nitrogens is 1. The highest BCUT2D eigenvalue weighted by Crippen LogP contribution is 2.30. The second-order valence-corrected chi connectivity index (χ2v) is 9.50. The van der Waals surface area contributed by atoms with Gasteiger partial charge in [0.1, 0.15) is 6.23 Å². The molecule has 0 spiro atoms. The molecule has 0 aliphatic carbocycles. The summed E-state index contributed by atoms with van der Waals surface area (Å²) >= 11 is 0. The minimum atomic E-state index is -3.56. The van der Waals surface area contributed by atoms with E-state index in [1.807, 2.05) is 32.1 Å². The van der Waals surface area contributed by atoms with Gasteiger partial charge in [-0.25, -0.2) is 8.42 Å². The third-order valence-corrected chi connectivity index (χ3v) is 7.53. The highest BCUT2D eigenvalue weighted by atomic mass is 32.2. The van der Waals surface area contributed by atoms with Gasteiger partial charge in [0.2, 0.25) is 10.0 Å². The number of rotatable bonds is 6. The summed E-state index contributed by atoms with van der Waals surface area (Å²) in [5.74, 6) is 0. The monoisotopic (exact) mass is 405 g/mol. The fourth-order valence-electron chi connectivity index (χ4n) is 4.02. The Morgan fingerprint density at radius 1 is 1.36 bits per heavy atom. The lowest BCUT2D eigenvalue weighted by Crippen LogP contribution is -2.30. The first kappa shape index (κ1) is 21.0. The summed E-state index contributed by atoms with van der Waals surface area (Å²) in [5, 5.41) is 13.2. The fraction of sp³-hybridized carbons (Fsp3) is 0.524. The Balaban J connectivity index is 1.95. The lowest BCUT2D eigenvalue weighted by Gasteiger charge is -2.20. The van der Waals surface area contributed by atoms with Gasteiger partial charge in [0.25, 0.3) is 0 Å². The van der Waals surface area contributed by atoms with Crippen LogP contribution in [0.15, 0.2) is 35.3 Å². The highest BCUT2D eigenvalue weighted by Gasteiger charge is 2.30. The predicted molar refractivity (Wildman–Crippen MR) is 112 cm³/mol. The van der Waals surface area contributed by atoms with E-state index >= 15 is 0 Å². The molecule has 2 aliphatic rings.